The molecule has 0 N–H and O–H groups in total. The first-order valence-electron chi connectivity index (χ1n) is 3.39. The third kappa shape index (κ3) is 2.06. The molecule has 0 bridgehead atoms. The van der Waals surface area contributed by atoms with Gasteiger partial charge in [-0.05, 0) is 24.6 Å². The topological polar surface area (TPSA) is 23.8 Å². The molecule has 0 saturated heterocycles. The van der Waals surface area contributed by atoms with Crippen molar-refractivity contribution in [3.63, 3.8) is 0 Å². The Morgan fingerprint density at radius 1 is 1.55 bits per heavy atom. The monoisotopic (exact) mass is 209 g/mol. The van der Waals surface area contributed by atoms with Crippen molar-refractivity contribution in [2.75, 3.05) is 0 Å². The highest BCUT2D eigenvalue weighted by molar-refractivity contribution is 9.10. The first-order valence-corrected chi connectivity index (χ1v) is 4.18. The number of rotatable bonds is 1. The van der Waals surface area contributed by atoms with Gasteiger partial charge < -0.3 is 0 Å². The minimum atomic E-state index is -0.0208. The molecule has 1 rings (SSSR count). The molecule has 0 spiro atoms. The van der Waals surface area contributed by atoms with E-state index in [2.05, 4.69) is 22.0 Å². The normalized spacial score (nSPS) is 12.1. The zero-order chi connectivity index (χ0) is 8.27. The van der Waals surface area contributed by atoms with Crippen LogP contribution in [0.5, 0.6) is 0 Å². The van der Waals surface area contributed by atoms with E-state index < -0.39 is 0 Å². The van der Waals surface area contributed by atoms with Crippen LogP contribution in [0.1, 0.15) is 18.4 Å². The number of nitrogens with zero attached hydrogens (tertiary/aromatic N) is 1. The molecule has 1 atom stereocenters. The van der Waals surface area contributed by atoms with Crippen molar-refractivity contribution in [2.24, 2.45) is 0 Å². The van der Waals surface area contributed by atoms with Crippen LogP contribution >= 0.6 is 15.9 Å². The maximum Gasteiger partial charge on any atom is 0.0700 e. The molecule has 0 radical (unpaired) electrons. The average molecular weight is 210 g/mol. The minimum absolute atomic E-state index is 0.0208. The van der Waals surface area contributed by atoms with Crippen LogP contribution in [-0.2, 0) is 0 Å². The minimum Gasteiger partial charge on any atom is -0.198 e. The second-order valence-electron chi connectivity index (χ2n) is 2.41. The van der Waals surface area contributed by atoms with Crippen LogP contribution in [0.2, 0.25) is 0 Å². The van der Waals surface area contributed by atoms with E-state index in [0.717, 1.165) is 10.0 Å². The average Bonchev–Trinajstić information content (AvgIpc) is 2.03. The summed E-state index contributed by atoms with van der Waals surface area (Å²) in [5.74, 6) is -0.0208. The summed E-state index contributed by atoms with van der Waals surface area (Å²) in [4.78, 5) is 0. The molecule has 0 heterocycles. The maximum absolute atomic E-state index is 8.61. The van der Waals surface area contributed by atoms with Gasteiger partial charge in [0.25, 0.3) is 0 Å². The summed E-state index contributed by atoms with van der Waals surface area (Å²) in [5.41, 5.74) is 1.06. The molecule has 0 saturated carbocycles. The Kier molecular flexibility index (Phi) is 2.67. The van der Waals surface area contributed by atoms with E-state index in [-0.39, 0.29) is 5.92 Å². The fraction of sp³-hybridized carbons (Fsp3) is 0.222. The van der Waals surface area contributed by atoms with E-state index in [9.17, 15) is 0 Å². The van der Waals surface area contributed by atoms with Gasteiger partial charge in [0.05, 0.1) is 12.0 Å². The Morgan fingerprint density at radius 3 is 2.82 bits per heavy atom. The molecule has 56 valence electrons. The van der Waals surface area contributed by atoms with Gasteiger partial charge in [0.2, 0.25) is 0 Å². The summed E-state index contributed by atoms with van der Waals surface area (Å²) in [7, 11) is 0. The van der Waals surface area contributed by atoms with E-state index in [0.29, 0.717) is 0 Å². The number of nitriles is 1. The lowest BCUT2D eigenvalue weighted by molar-refractivity contribution is 0.980. The molecule has 0 aliphatic rings. The summed E-state index contributed by atoms with van der Waals surface area (Å²) in [5, 5.41) is 8.61. The van der Waals surface area contributed by atoms with Crippen molar-refractivity contribution in [2.45, 2.75) is 12.8 Å². The van der Waals surface area contributed by atoms with Gasteiger partial charge in [0.15, 0.2) is 0 Å². The van der Waals surface area contributed by atoms with E-state index in [1.54, 1.807) is 0 Å². The third-order valence-electron chi connectivity index (χ3n) is 1.54. The lowest BCUT2D eigenvalue weighted by Crippen LogP contribution is -1.87. The van der Waals surface area contributed by atoms with Crippen LogP contribution in [0.4, 0.5) is 0 Å². The molecule has 0 aliphatic carbocycles. The lowest BCUT2D eigenvalue weighted by Gasteiger charge is -2.01. The van der Waals surface area contributed by atoms with Gasteiger partial charge in [-0.15, -0.1) is 0 Å². The van der Waals surface area contributed by atoms with Crippen LogP contribution in [0.25, 0.3) is 0 Å². The van der Waals surface area contributed by atoms with Gasteiger partial charge in [0.1, 0.15) is 0 Å². The summed E-state index contributed by atoms with van der Waals surface area (Å²) < 4.78 is 1.03. The van der Waals surface area contributed by atoms with Crippen molar-refractivity contribution < 1.29 is 0 Å². The number of hydrogen-bond acceptors (Lipinski definition) is 1. The van der Waals surface area contributed by atoms with Crippen LogP contribution in [0.15, 0.2) is 28.7 Å². The maximum atomic E-state index is 8.61. The van der Waals surface area contributed by atoms with Crippen LogP contribution < -0.4 is 0 Å². The SMILES string of the molecule is C[C@H](C#N)c1cccc(Br)c1. The van der Waals surface area contributed by atoms with Gasteiger partial charge in [-0.1, -0.05) is 28.1 Å². The Balaban J connectivity index is 2.98. The third-order valence-corrected chi connectivity index (χ3v) is 2.04. The zero-order valence-corrected chi connectivity index (χ0v) is 7.80. The van der Waals surface area contributed by atoms with Gasteiger partial charge >= 0.3 is 0 Å². The van der Waals surface area contributed by atoms with Crippen LogP contribution in [-0.4, -0.2) is 0 Å². The standard InChI is InChI=1S/C9H8BrN/c1-7(6-11)8-3-2-4-9(10)5-8/h2-5,7H,1H3/t7-/m1/s1. The Hall–Kier alpha value is -0.810. The van der Waals surface area contributed by atoms with Crippen molar-refractivity contribution in [1.82, 2.24) is 0 Å². The molecule has 0 aliphatic heterocycles. The van der Waals surface area contributed by atoms with Gasteiger partial charge in [-0.25, -0.2) is 0 Å². The highest BCUT2D eigenvalue weighted by Gasteiger charge is 2.02. The Morgan fingerprint density at radius 2 is 2.27 bits per heavy atom. The molecule has 1 aromatic rings. The molecular weight excluding hydrogens is 202 g/mol. The predicted octanol–water partition coefficient (Wildman–Crippen LogP) is 3.08. The first kappa shape index (κ1) is 8.29. The van der Waals surface area contributed by atoms with E-state index in [4.69, 9.17) is 5.26 Å². The number of benzene rings is 1. The molecule has 11 heavy (non-hydrogen) atoms. The quantitative estimate of drug-likeness (QED) is 0.698. The fourth-order valence-corrected chi connectivity index (χ4v) is 1.27. The highest BCUT2D eigenvalue weighted by atomic mass is 79.9. The molecule has 0 amide bonds. The van der Waals surface area contributed by atoms with Crippen molar-refractivity contribution in [3.05, 3.63) is 34.3 Å². The van der Waals surface area contributed by atoms with Gasteiger partial charge in [-0.3, -0.25) is 0 Å². The molecule has 0 aromatic heterocycles. The van der Waals surface area contributed by atoms with Crippen molar-refractivity contribution in [3.8, 4) is 6.07 Å². The largest absolute Gasteiger partial charge is 0.198 e. The summed E-state index contributed by atoms with van der Waals surface area (Å²) in [6.45, 7) is 1.89. The number of hydrogen-bond donors (Lipinski definition) is 0. The van der Waals surface area contributed by atoms with E-state index in [1.165, 1.54) is 0 Å². The molecule has 0 unspecified atom stereocenters. The van der Waals surface area contributed by atoms with Crippen LogP contribution in [0.3, 0.4) is 0 Å². The second kappa shape index (κ2) is 3.54. The molecule has 1 aromatic carbocycles. The van der Waals surface area contributed by atoms with Crippen molar-refractivity contribution in [1.29, 1.82) is 5.26 Å². The number of halogens is 1. The summed E-state index contributed by atoms with van der Waals surface area (Å²) in [6, 6.07) is 10.0. The summed E-state index contributed by atoms with van der Waals surface area (Å²) >= 11 is 3.35. The van der Waals surface area contributed by atoms with E-state index >= 15 is 0 Å². The zero-order valence-electron chi connectivity index (χ0n) is 6.21. The highest BCUT2D eigenvalue weighted by Crippen LogP contribution is 2.18. The predicted molar refractivity (Wildman–Crippen MR) is 48.2 cm³/mol. The van der Waals surface area contributed by atoms with Crippen molar-refractivity contribution >= 4 is 15.9 Å². The summed E-state index contributed by atoms with van der Waals surface area (Å²) in [6.07, 6.45) is 0. The smallest absolute Gasteiger partial charge is 0.0700 e. The van der Waals surface area contributed by atoms with Gasteiger partial charge in [0, 0.05) is 4.47 Å². The first-order chi connectivity index (χ1) is 5.24. The molecule has 1 nitrogen and oxygen atoms in total. The molecule has 2 heteroatoms. The van der Waals surface area contributed by atoms with E-state index in [1.807, 2.05) is 31.2 Å². The Labute approximate surface area is 74.8 Å². The lowest BCUT2D eigenvalue weighted by atomic mass is 10.0. The van der Waals surface area contributed by atoms with Gasteiger partial charge in [-0.2, -0.15) is 5.26 Å². The molecule has 0 fully saturated rings. The fourth-order valence-electron chi connectivity index (χ4n) is 0.850. The molecular formula is C9H8BrN. The second-order valence-corrected chi connectivity index (χ2v) is 3.32. The Bertz CT molecular complexity index is 288. The van der Waals surface area contributed by atoms with Crippen LogP contribution in [0, 0.1) is 11.3 Å².